The molecule has 1 aromatic rings. The second-order valence-corrected chi connectivity index (χ2v) is 7.98. The molecule has 1 heterocycles. The first-order valence-corrected chi connectivity index (χ1v) is 8.69. The quantitative estimate of drug-likeness (QED) is 0.750. The van der Waals surface area contributed by atoms with Crippen LogP contribution in [0.4, 0.5) is 0 Å². The Morgan fingerprint density at radius 1 is 1.35 bits per heavy atom. The normalized spacial score (nSPS) is 23.6. The van der Waals surface area contributed by atoms with Gasteiger partial charge in [-0.05, 0) is 25.0 Å². The lowest BCUT2D eigenvalue weighted by Gasteiger charge is -2.27. The molecule has 20 heavy (non-hydrogen) atoms. The third kappa shape index (κ3) is 3.78. The van der Waals surface area contributed by atoms with Crippen molar-refractivity contribution in [2.45, 2.75) is 48.5 Å². The summed E-state index contributed by atoms with van der Waals surface area (Å²) in [4.78, 5) is 11.1. The van der Waals surface area contributed by atoms with E-state index in [0.29, 0.717) is 17.7 Å². The van der Waals surface area contributed by atoms with Crippen LogP contribution < -0.4 is 4.72 Å². The predicted molar refractivity (Wildman–Crippen MR) is 74.2 cm³/mol. The largest absolute Gasteiger partial charge is 0.481 e. The minimum absolute atomic E-state index is 0.0894. The summed E-state index contributed by atoms with van der Waals surface area (Å²) in [5, 5.41) is 18.5. The smallest absolute Gasteiger partial charge is 0.308 e. The third-order valence-corrected chi connectivity index (χ3v) is 6.33. The van der Waals surface area contributed by atoms with Gasteiger partial charge in [0.1, 0.15) is 4.21 Å². The minimum atomic E-state index is -3.69. The molecular weight excluding hydrogens is 302 g/mol. The summed E-state index contributed by atoms with van der Waals surface area (Å²) in [5.41, 5.74) is 0. The summed E-state index contributed by atoms with van der Waals surface area (Å²) < 4.78 is 27.0. The highest BCUT2D eigenvalue weighted by atomic mass is 32.2. The topological polar surface area (TPSA) is 104 Å². The van der Waals surface area contributed by atoms with E-state index in [-0.39, 0.29) is 10.6 Å². The second kappa shape index (κ2) is 6.21. The molecule has 6 nitrogen and oxygen atoms in total. The van der Waals surface area contributed by atoms with Crippen LogP contribution in [0.15, 0.2) is 16.3 Å². The fourth-order valence-electron chi connectivity index (χ4n) is 2.25. The van der Waals surface area contributed by atoms with Crippen LogP contribution in [0.25, 0.3) is 0 Å². The van der Waals surface area contributed by atoms with Crippen LogP contribution in [0, 0.1) is 0 Å². The standard InChI is InChI=1S/C12H17NO5S2/c14-10-4-2-1-3-9(10)13-20(17,18)12-6-5-8(19-12)7-11(15)16/h5-6,9-10,13-14H,1-4,7H2,(H,15,16)/t9-,10-/m1/s1. The Hall–Kier alpha value is -0.960. The molecule has 3 N–H and O–H groups in total. The van der Waals surface area contributed by atoms with Crippen LogP contribution in [0.3, 0.4) is 0 Å². The average Bonchev–Trinajstić information content (AvgIpc) is 2.80. The Morgan fingerprint density at radius 2 is 2.05 bits per heavy atom. The average molecular weight is 319 g/mol. The molecule has 1 aromatic heterocycles. The molecule has 0 radical (unpaired) electrons. The SMILES string of the molecule is O=C(O)Cc1ccc(S(=O)(=O)N[C@@H]2CCCC[C@H]2O)s1. The van der Waals surface area contributed by atoms with Crippen LogP contribution in [0.5, 0.6) is 0 Å². The number of hydrogen-bond acceptors (Lipinski definition) is 5. The number of carboxylic acids is 1. The molecular formula is C12H17NO5S2. The van der Waals surface area contributed by atoms with Gasteiger partial charge in [-0.1, -0.05) is 12.8 Å². The van der Waals surface area contributed by atoms with E-state index >= 15 is 0 Å². The molecule has 1 saturated carbocycles. The van der Waals surface area contributed by atoms with E-state index in [1.807, 2.05) is 0 Å². The molecule has 0 amide bonds. The van der Waals surface area contributed by atoms with Gasteiger partial charge in [-0.15, -0.1) is 11.3 Å². The van der Waals surface area contributed by atoms with Gasteiger partial charge in [0.2, 0.25) is 10.0 Å². The van der Waals surface area contributed by atoms with E-state index < -0.39 is 28.1 Å². The van der Waals surface area contributed by atoms with Crippen molar-refractivity contribution in [3.63, 3.8) is 0 Å². The van der Waals surface area contributed by atoms with E-state index in [1.54, 1.807) is 0 Å². The molecule has 0 saturated heterocycles. The fraction of sp³-hybridized carbons (Fsp3) is 0.583. The number of carbonyl (C=O) groups is 1. The third-order valence-electron chi connectivity index (χ3n) is 3.26. The number of aliphatic hydroxyl groups is 1. The Labute approximate surface area is 121 Å². The van der Waals surface area contributed by atoms with Crippen molar-refractivity contribution < 1.29 is 23.4 Å². The summed E-state index contributed by atoms with van der Waals surface area (Å²) >= 11 is 0.945. The number of rotatable bonds is 5. The first-order chi connectivity index (χ1) is 9.38. The highest BCUT2D eigenvalue weighted by Gasteiger charge is 2.28. The maximum Gasteiger partial charge on any atom is 0.308 e. The van der Waals surface area contributed by atoms with Crippen LogP contribution in [-0.4, -0.2) is 36.7 Å². The molecule has 0 unspecified atom stereocenters. The van der Waals surface area contributed by atoms with Crippen molar-refractivity contribution in [2.24, 2.45) is 0 Å². The van der Waals surface area contributed by atoms with Crippen molar-refractivity contribution in [3.8, 4) is 0 Å². The first kappa shape index (κ1) is 15.4. The lowest BCUT2D eigenvalue weighted by atomic mass is 9.93. The summed E-state index contributed by atoms with van der Waals surface area (Å²) in [7, 11) is -3.69. The monoisotopic (exact) mass is 319 g/mol. The zero-order valence-electron chi connectivity index (χ0n) is 10.8. The Kier molecular flexibility index (Phi) is 4.79. The van der Waals surface area contributed by atoms with Crippen LogP contribution in [0.1, 0.15) is 30.6 Å². The van der Waals surface area contributed by atoms with Gasteiger partial charge < -0.3 is 10.2 Å². The van der Waals surface area contributed by atoms with E-state index in [2.05, 4.69) is 4.72 Å². The Morgan fingerprint density at radius 3 is 2.70 bits per heavy atom. The van der Waals surface area contributed by atoms with Gasteiger partial charge in [0, 0.05) is 10.9 Å². The van der Waals surface area contributed by atoms with Crippen molar-refractivity contribution in [3.05, 3.63) is 17.0 Å². The van der Waals surface area contributed by atoms with E-state index in [9.17, 15) is 18.3 Å². The number of aliphatic hydroxyl groups excluding tert-OH is 1. The van der Waals surface area contributed by atoms with Crippen LogP contribution in [0.2, 0.25) is 0 Å². The van der Waals surface area contributed by atoms with Gasteiger partial charge in [0.05, 0.1) is 12.5 Å². The molecule has 0 aliphatic heterocycles. The zero-order chi connectivity index (χ0) is 14.8. The van der Waals surface area contributed by atoms with Gasteiger partial charge in [-0.2, -0.15) is 0 Å². The summed E-state index contributed by atoms with van der Waals surface area (Å²) in [5.74, 6) is -0.994. The number of aliphatic carboxylic acids is 1. The number of hydrogen-bond donors (Lipinski definition) is 3. The number of sulfonamides is 1. The van der Waals surface area contributed by atoms with Gasteiger partial charge >= 0.3 is 5.97 Å². The number of nitrogens with one attached hydrogen (secondary N) is 1. The lowest BCUT2D eigenvalue weighted by Crippen LogP contribution is -2.44. The van der Waals surface area contributed by atoms with E-state index in [1.165, 1.54) is 12.1 Å². The maximum atomic E-state index is 12.2. The second-order valence-electron chi connectivity index (χ2n) is 4.87. The molecule has 1 fully saturated rings. The molecule has 8 heteroatoms. The van der Waals surface area contributed by atoms with E-state index in [0.717, 1.165) is 24.2 Å². The van der Waals surface area contributed by atoms with Crippen molar-refractivity contribution in [1.82, 2.24) is 4.72 Å². The minimum Gasteiger partial charge on any atom is -0.481 e. The van der Waals surface area contributed by atoms with Gasteiger partial charge in [0.25, 0.3) is 0 Å². The molecule has 1 aliphatic carbocycles. The molecule has 1 aliphatic rings. The zero-order valence-corrected chi connectivity index (χ0v) is 12.4. The Bertz CT molecular complexity index is 580. The number of thiophene rings is 1. The maximum absolute atomic E-state index is 12.2. The highest BCUT2D eigenvalue weighted by molar-refractivity contribution is 7.91. The predicted octanol–water partition coefficient (Wildman–Crippen LogP) is 0.957. The first-order valence-electron chi connectivity index (χ1n) is 6.39. The molecule has 0 bridgehead atoms. The van der Waals surface area contributed by atoms with Crippen LogP contribution in [-0.2, 0) is 21.2 Å². The molecule has 0 spiro atoms. The molecule has 0 aromatic carbocycles. The summed E-state index contributed by atoms with van der Waals surface area (Å²) in [6.45, 7) is 0. The fourth-order valence-corrected chi connectivity index (χ4v) is 4.92. The summed E-state index contributed by atoms with van der Waals surface area (Å²) in [6, 6.07) is 2.45. The van der Waals surface area contributed by atoms with Gasteiger partial charge in [-0.25, -0.2) is 13.1 Å². The van der Waals surface area contributed by atoms with Crippen molar-refractivity contribution in [1.29, 1.82) is 0 Å². The molecule has 2 atom stereocenters. The van der Waals surface area contributed by atoms with Crippen LogP contribution >= 0.6 is 11.3 Å². The molecule has 112 valence electrons. The van der Waals surface area contributed by atoms with Gasteiger partial charge in [-0.3, -0.25) is 4.79 Å². The Balaban J connectivity index is 2.09. The van der Waals surface area contributed by atoms with Crippen molar-refractivity contribution >= 4 is 27.3 Å². The summed E-state index contributed by atoms with van der Waals surface area (Å²) in [6.07, 6.45) is 2.17. The van der Waals surface area contributed by atoms with E-state index in [4.69, 9.17) is 5.11 Å². The molecule has 2 rings (SSSR count). The lowest BCUT2D eigenvalue weighted by molar-refractivity contribution is -0.136. The van der Waals surface area contributed by atoms with Crippen molar-refractivity contribution in [2.75, 3.05) is 0 Å². The van der Waals surface area contributed by atoms with Gasteiger partial charge in [0.15, 0.2) is 0 Å². The number of carboxylic acid groups (broad SMARTS) is 1. The highest BCUT2D eigenvalue weighted by Crippen LogP contribution is 2.25.